The van der Waals surface area contributed by atoms with Gasteiger partial charge in [-0.3, -0.25) is 0 Å². The first kappa shape index (κ1) is 25.2. The van der Waals surface area contributed by atoms with E-state index in [4.69, 9.17) is 4.74 Å². The zero-order chi connectivity index (χ0) is 23.4. The first-order chi connectivity index (χ1) is 15.1. The molecule has 2 aliphatic carbocycles. The Hall–Kier alpha value is -1.44. The first-order valence-electron chi connectivity index (χ1n) is 11.6. The molecule has 0 amide bonds. The monoisotopic (exact) mass is 466 g/mol. The number of ether oxygens (including phenoxy) is 2. The lowest BCUT2D eigenvalue weighted by molar-refractivity contribution is -0.304. The maximum absolute atomic E-state index is 13.4. The van der Waals surface area contributed by atoms with Gasteiger partial charge in [0.25, 0.3) is 6.17 Å². The molecule has 2 saturated carbocycles. The van der Waals surface area contributed by atoms with Crippen LogP contribution in [0.3, 0.4) is 0 Å². The Kier molecular flexibility index (Phi) is 8.39. The predicted molar refractivity (Wildman–Crippen MR) is 110 cm³/mol. The standard InChI is InChI=1S/C24H32F6O2/c1-2-31-15-16-3-5-17(6-4-16)18-7-9-19(10-8-18)20-11-13-21(14-12-20)32-24(29,30)22(25)23(26,27)28/h11-14,16-19,22H,2-10,15H2,1H3. The van der Waals surface area contributed by atoms with E-state index in [1.54, 1.807) is 12.1 Å². The molecule has 1 unspecified atom stereocenters. The predicted octanol–water partition coefficient (Wildman–Crippen LogP) is 7.68. The summed E-state index contributed by atoms with van der Waals surface area (Å²) >= 11 is 0. The smallest absolute Gasteiger partial charge is 0.430 e. The van der Waals surface area contributed by atoms with E-state index in [0.717, 1.165) is 50.4 Å². The van der Waals surface area contributed by atoms with Gasteiger partial charge in [-0.15, -0.1) is 0 Å². The molecule has 8 heteroatoms. The molecule has 182 valence electrons. The second-order valence-corrected chi connectivity index (χ2v) is 9.19. The van der Waals surface area contributed by atoms with Crippen molar-refractivity contribution in [1.82, 2.24) is 0 Å². The summed E-state index contributed by atoms with van der Waals surface area (Å²) in [5.74, 6) is 1.96. The van der Waals surface area contributed by atoms with Crippen molar-refractivity contribution in [2.45, 2.75) is 82.7 Å². The molecule has 0 bridgehead atoms. The van der Waals surface area contributed by atoms with Gasteiger partial charge in [-0.05, 0) is 99.7 Å². The van der Waals surface area contributed by atoms with Crippen LogP contribution in [0.25, 0.3) is 0 Å². The molecule has 2 nitrogen and oxygen atoms in total. The van der Waals surface area contributed by atoms with Crippen LogP contribution in [0, 0.1) is 17.8 Å². The zero-order valence-electron chi connectivity index (χ0n) is 18.4. The summed E-state index contributed by atoms with van der Waals surface area (Å²) in [7, 11) is 0. The lowest BCUT2D eigenvalue weighted by Gasteiger charge is -2.38. The Morgan fingerprint density at radius 3 is 1.88 bits per heavy atom. The van der Waals surface area contributed by atoms with Gasteiger partial charge in [0.2, 0.25) is 0 Å². The number of alkyl halides is 6. The van der Waals surface area contributed by atoms with Gasteiger partial charge in [0.15, 0.2) is 0 Å². The summed E-state index contributed by atoms with van der Waals surface area (Å²) in [4.78, 5) is 0. The number of halogens is 6. The maximum atomic E-state index is 13.4. The van der Waals surface area contributed by atoms with Crippen molar-refractivity contribution in [2.24, 2.45) is 17.8 Å². The summed E-state index contributed by atoms with van der Waals surface area (Å²) < 4.78 is 86.2. The second kappa shape index (κ2) is 10.7. The lowest BCUT2D eigenvalue weighted by atomic mass is 9.68. The Bertz CT molecular complexity index is 689. The molecule has 0 N–H and O–H groups in total. The van der Waals surface area contributed by atoms with E-state index in [9.17, 15) is 26.3 Å². The van der Waals surface area contributed by atoms with E-state index in [1.165, 1.54) is 37.8 Å². The molecule has 32 heavy (non-hydrogen) atoms. The van der Waals surface area contributed by atoms with E-state index >= 15 is 0 Å². The Morgan fingerprint density at radius 1 is 0.844 bits per heavy atom. The molecule has 2 aliphatic rings. The summed E-state index contributed by atoms with van der Waals surface area (Å²) in [6.45, 7) is 3.65. The first-order valence-corrected chi connectivity index (χ1v) is 11.6. The minimum absolute atomic E-state index is 0.291. The zero-order valence-corrected chi connectivity index (χ0v) is 18.4. The number of benzene rings is 1. The molecule has 1 atom stereocenters. The summed E-state index contributed by atoms with van der Waals surface area (Å²) in [5, 5.41) is 0. The topological polar surface area (TPSA) is 18.5 Å². The molecule has 2 fully saturated rings. The molecule has 0 aromatic heterocycles. The average Bonchev–Trinajstić information content (AvgIpc) is 2.77. The van der Waals surface area contributed by atoms with Crippen molar-refractivity contribution in [1.29, 1.82) is 0 Å². The molecule has 0 spiro atoms. The van der Waals surface area contributed by atoms with E-state index in [1.807, 2.05) is 6.92 Å². The summed E-state index contributed by atoms with van der Waals surface area (Å²) in [5.41, 5.74) is 0.951. The third-order valence-corrected chi connectivity index (χ3v) is 7.08. The lowest BCUT2D eigenvalue weighted by Crippen LogP contribution is -2.45. The third-order valence-electron chi connectivity index (χ3n) is 7.08. The van der Waals surface area contributed by atoms with Gasteiger partial charge in [-0.2, -0.15) is 22.0 Å². The van der Waals surface area contributed by atoms with Crippen LogP contribution < -0.4 is 4.74 Å². The maximum Gasteiger partial charge on any atom is 0.439 e. The third kappa shape index (κ3) is 6.55. The fraction of sp³-hybridized carbons (Fsp3) is 0.750. The largest absolute Gasteiger partial charge is 0.439 e. The highest BCUT2D eigenvalue weighted by molar-refractivity contribution is 5.30. The van der Waals surface area contributed by atoms with Crippen LogP contribution in [0.2, 0.25) is 0 Å². The van der Waals surface area contributed by atoms with Gasteiger partial charge in [0.1, 0.15) is 5.75 Å². The molecular formula is C24H32F6O2. The second-order valence-electron chi connectivity index (χ2n) is 9.19. The molecule has 0 heterocycles. The van der Waals surface area contributed by atoms with E-state index in [0.29, 0.717) is 17.8 Å². The van der Waals surface area contributed by atoms with Crippen molar-refractivity contribution in [3.8, 4) is 5.75 Å². The molecule has 0 radical (unpaired) electrons. The van der Waals surface area contributed by atoms with Crippen molar-refractivity contribution >= 4 is 0 Å². The summed E-state index contributed by atoms with van der Waals surface area (Å²) in [6.07, 6.45) is -5.84. The van der Waals surface area contributed by atoms with Crippen molar-refractivity contribution in [2.75, 3.05) is 13.2 Å². The number of hydrogen-bond donors (Lipinski definition) is 0. The van der Waals surface area contributed by atoms with Crippen LogP contribution in [0.5, 0.6) is 5.75 Å². The van der Waals surface area contributed by atoms with Crippen LogP contribution in [0.15, 0.2) is 24.3 Å². The van der Waals surface area contributed by atoms with Gasteiger partial charge in [-0.1, -0.05) is 12.1 Å². The van der Waals surface area contributed by atoms with E-state index in [2.05, 4.69) is 4.74 Å². The summed E-state index contributed by atoms with van der Waals surface area (Å²) in [6, 6.07) is 5.57. The fourth-order valence-electron chi connectivity index (χ4n) is 5.24. The van der Waals surface area contributed by atoms with E-state index < -0.39 is 24.2 Å². The fourth-order valence-corrected chi connectivity index (χ4v) is 5.24. The van der Waals surface area contributed by atoms with Crippen LogP contribution in [-0.4, -0.2) is 31.7 Å². The minimum Gasteiger partial charge on any atom is -0.430 e. The molecule has 1 aromatic rings. The minimum atomic E-state index is -5.69. The van der Waals surface area contributed by atoms with Gasteiger partial charge >= 0.3 is 12.3 Å². The SMILES string of the molecule is CCOCC1CCC(C2CCC(c3ccc(OC(F)(F)C(F)C(F)(F)F)cc3)CC2)CC1. The Labute approximate surface area is 185 Å². The molecule has 0 aliphatic heterocycles. The normalized spacial score (nSPS) is 28.3. The molecule has 3 rings (SSSR count). The van der Waals surface area contributed by atoms with Crippen LogP contribution in [-0.2, 0) is 4.74 Å². The highest BCUT2D eigenvalue weighted by Gasteiger charge is 2.59. The van der Waals surface area contributed by atoms with Gasteiger partial charge in [0, 0.05) is 13.2 Å². The van der Waals surface area contributed by atoms with Crippen LogP contribution in [0.1, 0.15) is 69.8 Å². The highest BCUT2D eigenvalue weighted by atomic mass is 19.4. The quantitative estimate of drug-likeness (QED) is 0.366. The molecular weight excluding hydrogens is 434 g/mol. The average molecular weight is 467 g/mol. The van der Waals surface area contributed by atoms with Gasteiger partial charge in [0.05, 0.1) is 0 Å². The van der Waals surface area contributed by atoms with Crippen molar-refractivity contribution in [3.63, 3.8) is 0 Å². The molecule has 0 saturated heterocycles. The molecule has 1 aromatic carbocycles. The van der Waals surface area contributed by atoms with Gasteiger partial charge in [-0.25, -0.2) is 4.39 Å². The van der Waals surface area contributed by atoms with Gasteiger partial charge < -0.3 is 9.47 Å². The number of rotatable bonds is 8. The van der Waals surface area contributed by atoms with Crippen molar-refractivity contribution in [3.05, 3.63) is 29.8 Å². The van der Waals surface area contributed by atoms with Crippen molar-refractivity contribution < 1.29 is 35.8 Å². The van der Waals surface area contributed by atoms with E-state index in [-0.39, 0.29) is 0 Å². The Balaban J connectivity index is 1.47. The highest BCUT2D eigenvalue weighted by Crippen LogP contribution is 2.44. The number of hydrogen-bond acceptors (Lipinski definition) is 2. The Morgan fingerprint density at radius 2 is 1.38 bits per heavy atom. The van der Waals surface area contributed by atoms with Crippen LogP contribution >= 0.6 is 0 Å². The van der Waals surface area contributed by atoms with Crippen LogP contribution in [0.4, 0.5) is 26.3 Å².